The lowest BCUT2D eigenvalue weighted by Crippen LogP contribution is -2.30. The fourth-order valence-corrected chi connectivity index (χ4v) is 3.04. The van der Waals surface area contributed by atoms with Crippen LogP contribution in [0.4, 0.5) is 0 Å². The van der Waals surface area contributed by atoms with Gasteiger partial charge in [-0.1, -0.05) is 6.42 Å². The Morgan fingerprint density at radius 2 is 2.29 bits per heavy atom. The van der Waals surface area contributed by atoms with Crippen molar-refractivity contribution >= 4 is 5.97 Å². The molecule has 1 aliphatic heterocycles. The fraction of sp³-hybridized carbons (Fsp3) is 0.909. The molecule has 2 aliphatic rings. The van der Waals surface area contributed by atoms with Crippen LogP contribution in [-0.4, -0.2) is 23.3 Å². The van der Waals surface area contributed by atoms with E-state index in [0.29, 0.717) is 30.5 Å². The van der Waals surface area contributed by atoms with Crippen LogP contribution in [0.25, 0.3) is 0 Å². The van der Waals surface area contributed by atoms with E-state index >= 15 is 0 Å². The minimum Gasteiger partial charge on any atom is -0.481 e. The van der Waals surface area contributed by atoms with Crippen LogP contribution in [0.2, 0.25) is 0 Å². The number of ether oxygens (including phenoxy) is 1. The van der Waals surface area contributed by atoms with Gasteiger partial charge in [0.25, 0.3) is 0 Å². The predicted octanol–water partition coefficient (Wildman–Crippen LogP) is 2.05. The highest BCUT2D eigenvalue weighted by molar-refractivity contribution is 5.67. The van der Waals surface area contributed by atoms with Crippen LogP contribution in [0.1, 0.15) is 39.0 Å². The number of carboxylic acid groups (broad SMARTS) is 1. The first kappa shape index (κ1) is 9.97. The Bertz CT molecular complexity index is 227. The van der Waals surface area contributed by atoms with Gasteiger partial charge < -0.3 is 9.84 Å². The summed E-state index contributed by atoms with van der Waals surface area (Å²) in [6.45, 7) is 2.09. The summed E-state index contributed by atoms with van der Waals surface area (Å²) in [5, 5.41) is 8.81. The van der Waals surface area contributed by atoms with Gasteiger partial charge in [-0.05, 0) is 38.0 Å². The summed E-state index contributed by atoms with van der Waals surface area (Å²) in [5.41, 5.74) is 0. The van der Waals surface area contributed by atoms with Crippen molar-refractivity contribution in [2.24, 2.45) is 11.8 Å². The first-order chi connectivity index (χ1) is 6.66. The van der Waals surface area contributed by atoms with E-state index in [2.05, 4.69) is 6.92 Å². The van der Waals surface area contributed by atoms with Crippen LogP contribution in [0, 0.1) is 11.8 Å². The summed E-state index contributed by atoms with van der Waals surface area (Å²) in [7, 11) is 0. The summed E-state index contributed by atoms with van der Waals surface area (Å²) < 4.78 is 5.78. The number of hydrogen-bond acceptors (Lipinski definition) is 2. The van der Waals surface area contributed by atoms with Crippen molar-refractivity contribution in [1.82, 2.24) is 0 Å². The molecule has 1 heterocycles. The van der Waals surface area contributed by atoms with E-state index in [1.807, 2.05) is 0 Å². The molecule has 0 amide bonds. The molecule has 0 unspecified atom stereocenters. The minimum absolute atomic E-state index is 0.331. The molecule has 2 fully saturated rings. The van der Waals surface area contributed by atoms with Crippen LogP contribution in [0.3, 0.4) is 0 Å². The van der Waals surface area contributed by atoms with Crippen molar-refractivity contribution in [1.29, 1.82) is 0 Å². The molecule has 3 nitrogen and oxygen atoms in total. The Labute approximate surface area is 84.4 Å². The summed E-state index contributed by atoms with van der Waals surface area (Å²) in [6.07, 6.45) is 5.41. The van der Waals surface area contributed by atoms with E-state index in [4.69, 9.17) is 9.84 Å². The van der Waals surface area contributed by atoms with Crippen molar-refractivity contribution in [2.75, 3.05) is 0 Å². The van der Waals surface area contributed by atoms with Crippen LogP contribution in [0.5, 0.6) is 0 Å². The lowest BCUT2D eigenvalue weighted by Gasteiger charge is -2.31. The quantitative estimate of drug-likeness (QED) is 0.738. The molecule has 0 aromatic rings. The molecule has 0 spiro atoms. The van der Waals surface area contributed by atoms with E-state index in [1.165, 1.54) is 0 Å². The Balaban J connectivity index is 2.00. The van der Waals surface area contributed by atoms with Crippen LogP contribution >= 0.6 is 0 Å². The van der Waals surface area contributed by atoms with E-state index in [9.17, 15) is 4.79 Å². The van der Waals surface area contributed by atoms with Gasteiger partial charge in [-0.25, -0.2) is 0 Å². The van der Waals surface area contributed by atoms with Crippen molar-refractivity contribution in [3.8, 4) is 0 Å². The highest BCUT2D eigenvalue weighted by Crippen LogP contribution is 2.42. The molecular weight excluding hydrogens is 180 g/mol. The average Bonchev–Trinajstić information content (AvgIpc) is 2.45. The van der Waals surface area contributed by atoms with Gasteiger partial charge in [0.1, 0.15) is 0 Å². The van der Waals surface area contributed by atoms with Crippen LogP contribution in [0.15, 0.2) is 0 Å². The van der Waals surface area contributed by atoms with Gasteiger partial charge in [-0.2, -0.15) is 0 Å². The van der Waals surface area contributed by atoms with E-state index in [0.717, 1.165) is 25.7 Å². The van der Waals surface area contributed by atoms with Gasteiger partial charge in [-0.3, -0.25) is 4.79 Å². The second-order valence-electron chi connectivity index (χ2n) is 4.67. The topological polar surface area (TPSA) is 46.5 Å². The van der Waals surface area contributed by atoms with E-state index < -0.39 is 5.97 Å². The molecule has 0 radical (unpaired) electrons. The monoisotopic (exact) mass is 198 g/mol. The summed E-state index contributed by atoms with van der Waals surface area (Å²) in [4.78, 5) is 10.7. The zero-order valence-corrected chi connectivity index (χ0v) is 8.61. The smallest absolute Gasteiger partial charge is 0.303 e. The maximum absolute atomic E-state index is 10.7. The van der Waals surface area contributed by atoms with E-state index in [1.54, 1.807) is 0 Å². The normalized spacial score (nSPS) is 42.1. The third kappa shape index (κ3) is 1.92. The van der Waals surface area contributed by atoms with Crippen molar-refractivity contribution in [3.63, 3.8) is 0 Å². The van der Waals surface area contributed by atoms with Crippen molar-refractivity contribution < 1.29 is 14.6 Å². The summed E-state index contributed by atoms with van der Waals surface area (Å²) in [5.74, 6) is 0.209. The summed E-state index contributed by atoms with van der Waals surface area (Å²) >= 11 is 0. The molecule has 0 aromatic heterocycles. The molecule has 2 rings (SSSR count). The highest BCUT2D eigenvalue weighted by atomic mass is 16.5. The largest absolute Gasteiger partial charge is 0.481 e. The summed E-state index contributed by atoms with van der Waals surface area (Å²) in [6, 6.07) is 0. The van der Waals surface area contributed by atoms with Crippen molar-refractivity contribution in [3.05, 3.63) is 0 Å². The zero-order chi connectivity index (χ0) is 10.1. The SMILES string of the molecule is C[C@H]1C[C@@H]2[C@@H](CC(=O)O)CCC[C@H]2O1. The lowest BCUT2D eigenvalue weighted by molar-refractivity contribution is -0.139. The molecule has 0 aromatic carbocycles. The highest BCUT2D eigenvalue weighted by Gasteiger charge is 2.40. The maximum Gasteiger partial charge on any atom is 0.303 e. The van der Waals surface area contributed by atoms with Gasteiger partial charge in [0, 0.05) is 6.42 Å². The number of hydrogen-bond donors (Lipinski definition) is 1. The van der Waals surface area contributed by atoms with Gasteiger partial charge in [0.2, 0.25) is 0 Å². The number of fused-ring (bicyclic) bond motifs is 1. The van der Waals surface area contributed by atoms with E-state index in [-0.39, 0.29) is 0 Å². The minimum atomic E-state index is -0.657. The number of carboxylic acids is 1. The molecular formula is C11H18O3. The predicted molar refractivity (Wildman–Crippen MR) is 52.0 cm³/mol. The zero-order valence-electron chi connectivity index (χ0n) is 8.61. The van der Waals surface area contributed by atoms with Gasteiger partial charge in [0.15, 0.2) is 0 Å². The molecule has 1 aliphatic carbocycles. The molecule has 1 N–H and O–H groups in total. The molecule has 3 heteroatoms. The average molecular weight is 198 g/mol. The van der Waals surface area contributed by atoms with Gasteiger partial charge in [0.05, 0.1) is 12.2 Å². The Morgan fingerprint density at radius 3 is 3.00 bits per heavy atom. The van der Waals surface area contributed by atoms with Gasteiger partial charge in [-0.15, -0.1) is 0 Å². The maximum atomic E-state index is 10.7. The van der Waals surface area contributed by atoms with Crippen LogP contribution < -0.4 is 0 Å². The first-order valence-electron chi connectivity index (χ1n) is 5.54. The third-order valence-corrected chi connectivity index (χ3v) is 3.59. The van der Waals surface area contributed by atoms with Crippen molar-refractivity contribution in [2.45, 2.75) is 51.2 Å². The Hall–Kier alpha value is -0.570. The Kier molecular flexibility index (Phi) is 2.77. The molecule has 4 atom stereocenters. The Morgan fingerprint density at radius 1 is 1.50 bits per heavy atom. The molecule has 0 bridgehead atoms. The number of rotatable bonds is 2. The van der Waals surface area contributed by atoms with Crippen LogP contribution in [-0.2, 0) is 9.53 Å². The standard InChI is InChI=1S/C11H18O3/c1-7-5-9-8(6-11(12)13)3-2-4-10(9)14-7/h7-10H,2-6H2,1H3,(H,12,13)/t7-,8+,9+,10+/m0/s1. The third-order valence-electron chi connectivity index (χ3n) is 3.59. The second-order valence-corrected chi connectivity index (χ2v) is 4.67. The fourth-order valence-electron chi connectivity index (χ4n) is 3.04. The van der Waals surface area contributed by atoms with Gasteiger partial charge >= 0.3 is 5.97 Å². The molecule has 1 saturated carbocycles. The first-order valence-corrected chi connectivity index (χ1v) is 5.54. The molecule has 80 valence electrons. The second kappa shape index (κ2) is 3.89. The molecule has 14 heavy (non-hydrogen) atoms. The lowest BCUT2D eigenvalue weighted by atomic mass is 9.75. The number of carbonyl (C=O) groups is 1. The number of aliphatic carboxylic acids is 1. The molecule has 1 saturated heterocycles.